The fourth-order valence-corrected chi connectivity index (χ4v) is 3.18. The zero-order valence-electron chi connectivity index (χ0n) is 14.0. The first-order valence-corrected chi connectivity index (χ1v) is 8.55. The second-order valence-electron chi connectivity index (χ2n) is 6.33. The molecule has 1 aromatic heterocycles. The Balaban J connectivity index is 1.34. The van der Waals surface area contributed by atoms with E-state index in [0.717, 1.165) is 55.4 Å². The van der Waals surface area contributed by atoms with Crippen molar-refractivity contribution in [1.82, 2.24) is 10.1 Å². The van der Waals surface area contributed by atoms with Crippen molar-refractivity contribution >= 4 is 5.69 Å². The number of hydrogen-bond acceptors (Lipinski definition) is 5. The molecule has 128 valence electrons. The van der Waals surface area contributed by atoms with Crippen LogP contribution >= 0.6 is 0 Å². The first kappa shape index (κ1) is 15.7. The Kier molecular flexibility index (Phi) is 4.39. The number of aromatic nitrogens is 1. The second kappa shape index (κ2) is 6.99. The van der Waals surface area contributed by atoms with Gasteiger partial charge in [-0.25, -0.2) is 0 Å². The summed E-state index contributed by atoms with van der Waals surface area (Å²) in [6, 6.07) is 19.5. The molecule has 0 unspecified atom stereocenters. The van der Waals surface area contributed by atoms with Crippen LogP contribution in [0.15, 0.2) is 65.2 Å². The summed E-state index contributed by atoms with van der Waals surface area (Å²) >= 11 is 0. The molecule has 0 saturated carbocycles. The van der Waals surface area contributed by atoms with Gasteiger partial charge in [-0.1, -0.05) is 35.5 Å². The molecule has 1 N–H and O–H groups in total. The first-order chi connectivity index (χ1) is 12.3. The number of anilines is 1. The maximum Gasteiger partial charge on any atom is 0.167 e. The minimum atomic E-state index is 0.308. The number of piperazine rings is 1. The van der Waals surface area contributed by atoms with Crippen LogP contribution in [0.5, 0.6) is 5.75 Å². The average Bonchev–Trinajstić information content (AvgIpc) is 3.12. The number of aromatic hydroxyl groups is 1. The van der Waals surface area contributed by atoms with Gasteiger partial charge in [0.1, 0.15) is 5.75 Å². The van der Waals surface area contributed by atoms with E-state index in [2.05, 4.69) is 15.0 Å². The van der Waals surface area contributed by atoms with Crippen LogP contribution in [0.1, 0.15) is 5.69 Å². The number of phenolic OH excluding ortho intramolecular Hbond substituents is 1. The summed E-state index contributed by atoms with van der Waals surface area (Å²) < 4.78 is 5.48. The Morgan fingerprint density at radius 3 is 2.36 bits per heavy atom. The molecule has 0 amide bonds. The van der Waals surface area contributed by atoms with Gasteiger partial charge in [0.2, 0.25) is 0 Å². The van der Waals surface area contributed by atoms with Crippen molar-refractivity contribution in [2.75, 3.05) is 31.1 Å². The van der Waals surface area contributed by atoms with Crippen molar-refractivity contribution in [3.8, 4) is 17.1 Å². The van der Waals surface area contributed by atoms with E-state index in [1.807, 2.05) is 48.5 Å². The van der Waals surface area contributed by atoms with Crippen molar-refractivity contribution in [2.24, 2.45) is 0 Å². The minimum absolute atomic E-state index is 0.308. The predicted molar refractivity (Wildman–Crippen MR) is 97.5 cm³/mol. The fraction of sp³-hybridized carbons (Fsp3) is 0.250. The van der Waals surface area contributed by atoms with Gasteiger partial charge in [-0.3, -0.25) is 4.90 Å². The van der Waals surface area contributed by atoms with E-state index >= 15 is 0 Å². The maximum absolute atomic E-state index is 9.40. The number of nitrogens with zero attached hydrogens (tertiary/aromatic N) is 3. The topological polar surface area (TPSA) is 52.7 Å². The first-order valence-electron chi connectivity index (χ1n) is 8.55. The molecule has 5 nitrogen and oxygen atoms in total. The van der Waals surface area contributed by atoms with E-state index in [1.54, 1.807) is 12.1 Å². The lowest BCUT2D eigenvalue weighted by Crippen LogP contribution is -2.46. The smallest absolute Gasteiger partial charge is 0.167 e. The molecule has 4 rings (SSSR count). The van der Waals surface area contributed by atoms with Gasteiger partial charge < -0.3 is 14.5 Å². The number of phenols is 1. The summed E-state index contributed by atoms with van der Waals surface area (Å²) in [5.74, 6) is 1.13. The summed E-state index contributed by atoms with van der Waals surface area (Å²) in [7, 11) is 0. The van der Waals surface area contributed by atoms with Crippen LogP contribution in [-0.4, -0.2) is 41.3 Å². The second-order valence-corrected chi connectivity index (χ2v) is 6.33. The molecule has 0 bridgehead atoms. The van der Waals surface area contributed by atoms with E-state index in [0.29, 0.717) is 5.75 Å². The lowest BCUT2D eigenvalue weighted by atomic mass is 10.1. The molecule has 0 spiro atoms. The van der Waals surface area contributed by atoms with Gasteiger partial charge in [-0.05, 0) is 24.3 Å². The highest BCUT2D eigenvalue weighted by Crippen LogP contribution is 2.22. The third kappa shape index (κ3) is 3.67. The molecule has 0 radical (unpaired) electrons. The lowest BCUT2D eigenvalue weighted by molar-refractivity contribution is 0.242. The van der Waals surface area contributed by atoms with E-state index in [-0.39, 0.29) is 0 Å². The van der Waals surface area contributed by atoms with Crippen LogP contribution in [0.3, 0.4) is 0 Å². The Bertz CT molecular complexity index is 806. The standard InChI is InChI=1S/C20H21N3O2/c24-19-8-6-18(7-9-19)23-12-10-22(11-13-23)15-17-14-20(25-21-17)16-4-2-1-3-5-16/h1-9,14,24H,10-13,15H2. The molecule has 1 saturated heterocycles. The van der Waals surface area contributed by atoms with Crippen molar-refractivity contribution in [2.45, 2.75) is 6.54 Å². The highest BCUT2D eigenvalue weighted by atomic mass is 16.5. The van der Waals surface area contributed by atoms with Gasteiger partial charge >= 0.3 is 0 Å². The van der Waals surface area contributed by atoms with E-state index in [1.165, 1.54) is 0 Å². The monoisotopic (exact) mass is 335 g/mol. The molecule has 25 heavy (non-hydrogen) atoms. The molecule has 0 aliphatic carbocycles. The largest absolute Gasteiger partial charge is 0.508 e. The minimum Gasteiger partial charge on any atom is -0.508 e. The Morgan fingerprint density at radius 2 is 1.64 bits per heavy atom. The quantitative estimate of drug-likeness (QED) is 0.792. The third-order valence-electron chi connectivity index (χ3n) is 4.59. The number of benzene rings is 2. The molecular formula is C20H21N3O2. The lowest BCUT2D eigenvalue weighted by Gasteiger charge is -2.35. The van der Waals surface area contributed by atoms with E-state index < -0.39 is 0 Å². The zero-order chi connectivity index (χ0) is 17.1. The molecule has 2 aromatic carbocycles. The van der Waals surface area contributed by atoms with Gasteiger partial charge in [0.05, 0.1) is 5.69 Å². The molecule has 2 heterocycles. The van der Waals surface area contributed by atoms with E-state index in [9.17, 15) is 5.11 Å². The average molecular weight is 335 g/mol. The van der Waals surface area contributed by atoms with Crippen molar-refractivity contribution in [1.29, 1.82) is 0 Å². The SMILES string of the molecule is Oc1ccc(N2CCN(Cc3cc(-c4ccccc4)on3)CC2)cc1. The third-order valence-corrected chi connectivity index (χ3v) is 4.59. The van der Waals surface area contributed by atoms with Gasteiger partial charge in [-0.15, -0.1) is 0 Å². The summed E-state index contributed by atoms with van der Waals surface area (Å²) in [6.07, 6.45) is 0. The summed E-state index contributed by atoms with van der Waals surface area (Å²) in [5.41, 5.74) is 3.18. The van der Waals surface area contributed by atoms with Crippen LogP contribution in [0.4, 0.5) is 5.69 Å². The summed E-state index contributed by atoms with van der Waals surface area (Å²) in [5, 5.41) is 13.6. The van der Waals surface area contributed by atoms with Gasteiger partial charge in [-0.2, -0.15) is 0 Å². The Labute approximate surface area is 147 Å². The number of hydrogen-bond donors (Lipinski definition) is 1. The van der Waals surface area contributed by atoms with Gasteiger partial charge in [0, 0.05) is 50.0 Å². The van der Waals surface area contributed by atoms with Gasteiger partial charge in [0.25, 0.3) is 0 Å². The van der Waals surface area contributed by atoms with Crippen LogP contribution in [-0.2, 0) is 6.54 Å². The molecule has 1 fully saturated rings. The Hall–Kier alpha value is -2.79. The fourth-order valence-electron chi connectivity index (χ4n) is 3.18. The zero-order valence-corrected chi connectivity index (χ0v) is 14.0. The van der Waals surface area contributed by atoms with Crippen molar-refractivity contribution in [3.63, 3.8) is 0 Å². The van der Waals surface area contributed by atoms with E-state index in [4.69, 9.17) is 4.52 Å². The molecule has 1 aliphatic rings. The summed E-state index contributed by atoms with van der Waals surface area (Å²) in [4.78, 5) is 4.73. The predicted octanol–water partition coefficient (Wildman–Crippen LogP) is 3.37. The van der Waals surface area contributed by atoms with Crippen LogP contribution in [0, 0.1) is 0 Å². The molecule has 5 heteroatoms. The van der Waals surface area contributed by atoms with Gasteiger partial charge in [0.15, 0.2) is 5.76 Å². The van der Waals surface area contributed by atoms with Crippen LogP contribution in [0.2, 0.25) is 0 Å². The summed E-state index contributed by atoms with van der Waals surface area (Å²) in [6.45, 7) is 4.70. The highest BCUT2D eigenvalue weighted by molar-refractivity contribution is 5.56. The molecule has 0 atom stereocenters. The maximum atomic E-state index is 9.40. The van der Waals surface area contributed by atoms with Crippen LogP contribution in [0.25, 0.3) is 11.3 Å². The molecular weight excluding hydrogens is 314 g/mol. The molecule has 1 aliphatic heterocycles. The Morgan fingerprint density at radius 1 is 0.920 bits per heavy atom. The van der Waals surface area contributed by atoms with Crippen LogP contribution < -0.4 is 4.90 Å². The highest BCUT2D eigenvalue weighted by Gasteiger charge is 2.18. The van der Waals surface area contributed by atoms with Crippen molar-refractivity contribution in [3.05, 3.63) is 66.4 Å². The number of rotatable bonds is 4. The normalized spacial score (nSPS) is 15.4. The van der Waals surface area contributed by atoms with Crippen molar-refractivity contribution < 1.29 is 9.63 Å². The molecule has 3 aromatic rings.